The van der Waals surface area contributed by atoms with E-state index >= 15 is 4.39 Å². The van der Waals surface area contributed by atoms with E-state index in [4.69, 9.17) is 22.0 Å². The van der Waals surface area contributed by atoms with E-state index in [9.17, 15) is 14.0 Å². The Balaban J connectivity index is 1.88. The number of fused-ring (bicyclic) bond motifs is 1. The van der Waals surface area contributed by atoms with Crippen LogP contribution in [0.5, 0.6) is 0 Å². The molecule has 0 aliphatic carbocycles. The number of nitrogens with one attached hydrogen (secondary N) is 1. The molecule has 0 amide bonds. The van der Waals surface area contributed by atoms with Crippen LogP contribution in [0.15, 0.2) is 59.4 Å². The number of rotatable bonds is 4. The van der Waals surface area contributed by atoms with Gasteiger partial charge in [-0.3, -0.25) is 9.59 Å². The van der Waals surface area contributed by atoms with E-state index in [1.165, 1.54) is 42.5 Å². The van der Waals surface area contributed by atoms with Crippen molar-refractivity contribution in [3.63, 3.8) is 0 Å². The number of H-pyrrole nitrogens is 1. The van der Waals surface area contributed by atoms with Crippen molar-refractivity contribution in [2.24, 2.45) is 0 Å². The quantitative estimate of drug-likeness (QED) is 0.441. The maximum Gasteiger partial charge on any atom is 0.307 e. The molecule has 0 aliphatic rings. The number of aromatic nitrogens is 1. The third-order valence-electron chi connectivity index (χ3n) is 4.99. The van der Waals surface area contributed by atoms with Gasteiger partial charge in [0.15, 0.2) is 5.43 Å². The van der Waals surface area contributed by atoms with Gasteiger partial charge in [0.1, 0.15) is 11.6 Å². The largest absolute Gasteiger partial charge is 0.481 e. The minimum atomic E-state index is -1.03. The SMILES string of the molecule is N#Cc1ccc(Cl)c(-c2cc(=O)c3c(F)c(-c4ccc(CC(=O)O)cc4)c(F)cc3[nH]2)c1. The molecule has 32 heavy (non-hydrogen) atoms. The van der Waals surface area contributed by atoms with E-state index in [2.05, 4.69) is 4.98 Å². The number of aliphatic carboxylic acids is 1. The summed E-state index contributed by atoms with van der Waals surface area (Å²) in [5, 5.41) is 17.9. The molecule has 0 spiro atoms. The molecule has 158 valence electrons. The number of halogens is 3. The highest BCUT2D eigenvalue weighted by molar-refractivity contribution is 6.33. The first-order valence-corrected chi connectivity index (χ1v) is 9.72. The van der Waals surface area contributed by atoms with Crippen LogP contribution in [0.4, 0.5) is 8.78 Å². The van der Waals surface area contributed by atoms with Crippen LogP contribution in [0.3, 0.4) is 0 Å². The Hall–Kier alpha value is -4.02. The highest BCUT2D eigenvalue weighted by atomic mass is 35.5. The first kappa shape index (κ1) is 21.2. The van der Waals surface area contributed by atoms with Gasteiger partial charge >= 0.3 is 5.97 Å². The first-order valence-electron chi connectivity index (χ1n) is 9.34. The van der Waals surface area contributed by atoms with Crippen molar-refractivity contribution in [2.75, 3.05) is 0 Å². The van der Waals surface area contributed by atoms with Crippen molar-refractivity contribution >= 4 is 28.5 Å². The molecule has 8 heteroatoms. The fourth-order valence-electron chi connectivity index (χ4n) is 3.52. The average Bonchev–Trinajstić information content (AvgIpc) is 2.74. The molecular formula is C24H13ClF2N2O3. The van der Waals surface area contributed by atoms with Gasteiger partial charge in [0.2, 0.25) is 0 Å². The van der Waals surface area contributed by atoms with Gasteiger partial charge in [-0.05, 0) is 35.4 Å². The molecule has 0 bridgehead atoms. The number of aromatic amines is 1. The summed E-state index contributed by atoms with van der Waals surface area (Å²) in [5.41, 5.74) is 0.385. The summed E-state index contributed by atoms with van der Waals surface area (Å²) in [5.74, 6) is -2.95. The van der Waals surface area contributed by atoms with E-state index < -0.39 is 23.0 Å². The monoisotopic (exact) mass is 450 g/mol. The Morgan fingerprint density at radius 2 is 1.81 bits per heavy atom. The molecule has 0 unspecified atom stereocenters. The number of hydrogen-bond acceptors (Lipinski definition) is 3. The lowest BCUT2D eigenvalue weighted by Gasteiger charge is -2.11. The van der Waals surface area contributed by atoms with Crippen molar-refractivity contribution in [3.05, 3.63) is 92.6 Å². The number of hydrogen-bond donors (Lipinski definition) is 2. The van der Waals surface area contributed by atoms with Gasteiger partial charge in [0.25, 0.3) is 0 Å². The lowest BCUT2D eigenvalue weighted by atomic mass is 9.98. The zero-order valence-corrected chi connectivity index (χ0v) is 17.0. The highest BCUT2D eigenvalue weighted by Gasteiger charge is 2.19. The second kappa shape index (κ2) is 8.25. The minimum Gasteiger partial charge on any atom is -0.481 e. The molecule has 3 aromatic carbocycles. The summed E-state index contributed by atoms with van der Waals surface area (Å²) in [6.07, 6.45) is -0.221. The van der Waals surface area contributed by atoms with Gasteiger partial charge in [-0.1, -0.05) is 35.9 Å². The maximum absolute atomic E-state index is 15.3. The third kappa shape index (κ3) is 3.84. The fraction of sp³-hybridized carbons (Fsp3) is 0.0417. The van der Waals surface area contributed by atoms with E-state index in [1.54, 1.807) is 0 Å². The molecule has 1 aromatic heterocycles. The van der Waals surface area contributed by atoms with Crippen LogP contribution in [0.1, 0.15) is 11.1 Å². The van der Waals surface area contributed by atoms with Gasteiger partial charge in [-0.15, -0.1) is 0 Å². The van der Waals surface area contributed by atoms with Crippen LogP contribution in [0, 0.1) is 23.0 Å². The van der Waals surface area contributed by atoms with Crippen LogP contribution >= 0.6 is 11.6 Å². The highest BCUT2D eigenvalue weighted by Crippen LogP contribution is 2.33. The number of carboxylic acid groups (broad SMARTS) is 1. The Morgan fingerprint density at radius 1 is 1.09 bits per heavy atom. The summed E-state index contributed by atoms with van der Waals surface area (Å²) < 4.78 is 30.2. The molecule has 5 nitrogen and oxygen atoms in total. The van der Waals surface area contributed by atoms with Crippen LogP contribution in [0.2, 0.25) is 5.02 Å². The molecular weight excluding hydrogens is 438 g/mol. The average molecular weight is 451 g/mol. The zero-order valence-electron chi connectivity index (χ0n) is 16.2. The van der Waals surface area contributed by atoms with Gasteiger partial charge in [-0.2, -0.15) is 5.26 Å². The molecule has 0 aliphatic heterocycles. The number of carboxylic acids is 1. The molecule has 4 rings (SSSR count). The van der Waals surface area contributed by atoms with Crippen LogP contribution in [0.25, 0.3) is 33.3 Å². The van der Waals surface area contributed by atoms with Crippen LogP contribution < -0.4 is 5.43 Å². The summed E-state index contributed by atoms with van der Waals surface area (Å²) in [6, 6.07) is 14.3. The first-order chi connectivity index (χ1) is 15.3. The second-order valence-electron chi connectivity index (χ2n) is 7.09. The maximum atomic E-state index is 15.3. The number of pyridine rings is 1. The smallest absolute Gasteiger partial charge is 0.307 e. The van der Waals surface area contributed by atoms with Gasteiger partial charge < -0.3 is 10.1 Å². The van der Waals surface area contributed by atoms with Crippen molar-refractivity contribution in [3.8, 4) is 28.5 Å². The molecule has 2 N–H and O–H groups in total. The standard InChI is InChI=1S/C24H13ClF2N2O3/c25-16-6-3-13(11-28)7-15(16)18-10-20(30)23-19(29-18)9-17(26)22(24(23)27)14-4-1-12(2-5-14)8-21(31)32/h1-7,9-10H,8H2,(H,29,30)(H,31,32). The normalized spacial score (nSPS) is 10.8. The summed E-state index contributed by atoms with van der Waals surface area (Å²) >= 11 is 6.19. The van der Waals surface area contributed by atoms with E-state index in [0.717, 1.165) is 12.1 Å². The van der Waals surface area contributed by atoms with Crippen LogP contribution in [-0.2, 0) is 11.2 Å². The van der Waals surface area contributed by atoms with Crippen molar-refractivity contribution in [2.45, 2.75) is 6.42 Å². The second-order valence-corrected chi connectivity index (χ2v) is 7.50. The topological polar surface area (TPSA) is 93.9 Å². The molecule has 0 fully saturated rings. The van der Waals surface area contributed by atoms with Gasteiger partial charge in [0.05, 0.1) is 40.2 Å². The van der Waals surface area contributed by atoms with E-state index in [0.29, 0.717) is 16.7 Å². The lowest BCUT2D eigenvalue weighted by molar-refractivity contribution is -0.136. The lowest BCUT2D eigenvalue weighted by Crippen LogP contribution is -2.08. The summed E-state index contributed by atoms with van der Waals surface area (Å²) in [7, 11) is 0. The Bertz CT molecular complexity index is 1490. The predicted molar refractivity (Wildman–Crippen MR) is 116 cm³/mol. The molecule has 0 saturated heterocycles. The minimum absolute atomic E-state index is 0.0628. The molecule has 0 radical (unpaired) electrons. The predicted octanol–water partition coefficient (Wildman–Crippen LogP) is 5.29. The van der Waals surface area contributed by atoms with Crippen molar-refractivity contribution in [1.82, 2.24) is 4.98 Å². The summed E-state index contributed by atoms with van der Waals surface area (Å²) in [6.45, 7) is 0. The molecule has 1 heterocycles. The van der Waals surface area contributed by atoms with Gasteiger partial charge in [-0.25, -0.2) is 8.78 Å². The Morgan fingerprint density at radius 3 is 2.47 bits per heavy atom. The number of carbonyl (C=O) groups is 1. The molecule has 0 saturated carbocycles. The Labute approximate surface area is 185 Å². The van der Waals surface area contributed by atoms with Gasteiger partial charge in [0, 0.05) is 16.7 Å². The molecule has 0 atom stereocenters. The van der Waals surface area contributed by atoms with Crippen molar-refractivity contribution < 1.29 is 18.7 Å². The summed E-state index contributed by atoms with van der Waals surface area (Å²) in [4.78, 5) is 26.4. The van der Waals surface area contributed by atoms with E-state index in [1.807, 2.05) is 6.07 Å². The molecule has 4 aromatic rings. The zero-order chi connectivity index (χ0) is 23.0. The van der Waals surface area contributed by atoms with Crippen molar-refractivity contribution in [1.29, 1.82) is 5.26 Å². The van der Waals surface area contributed by atoms with Crippen LogP contribution in [-0.4, -0.2) is 16.1 Å². The fourth-order valence-corrected chi connectivity index (χ4v) is 3.74. The number of benzene rings is 3. The van der Waals surface area contributed by atoms with E-state index in [-0.39, 0.29) is 39.2 Å². The number of nitrogens with zero attached hydrogens (tertiary/aromatic N) is 1. The Kier molecular flexibility index (Phi) is 5.47. The third-order valence-corrected chi connectivity index (χ3v) is 5.32. The number of nitriles is 1.